The van der Waals surface area contributed by atoms with Gasteiger partial charge in [-0.15, -0.1) is 0 Å². The smallest absolute Gasteiger partial charge is 0.255 e. The van der Waals surface area contributed by atoms with E-state index in [2.05, 4.69) is 5.32 Å². The highest BCUT2D eigenvalue weighted by Gasteiger charge is 2.27. The summed E-state index contributed by atoms with van der Waals surface area (Å²) in [5.41, 5.74) is 0.496. The average Bonchev–Trinajstić information content (AvgIpc) is 2.62. The van der Waals surface area contributed by atoms with E-state index >= 15 is 0 Å². The Balaban J connectivity index is 0.00000232. The summed E-state index contributed by atoms with van der Waals surface area (Å²) in [4.78, 5) is 47.1. The Morgan fingerprint density at radius 3 is 2.35 bits per heavy atom. The summed E-state index contributed by atoms with van der Waals surface area (Å²) in [6.07, 6.45) is 1.70. The standard InChI is InChI=1S/C15H18N2O4.C2H6/c1-16-14(20)13(8-5-9-18)17(2)15(21)12-7-4-3-6-11(12)10-19;1-2/h3-4,6-7,9-10,13H,5,8H2,1-2H3,(H,16,20);1-2H3. The molecule has 126 valence electrons. The lowest BCUT2D eigenvalue weighted by molar-refractivity contribution is -0.125. The van der Waals surface area contributed by atoms with E-state index in [1.807, 2.05) is 13.8 Å². The molecule has 1 unspecified atom stereocenters. The van der Waals surface area contributed by atoms with E-state index in [9.17, 15) is 19.2 Å². The number of nitrogens with one attached hydrogen (secondary N) is 1. The van der Waals surface area contributed by atoms with Crippen LogP contribution in [0.5, 0.6) is 0 Å². The molecule has 0 aliphatic rings. The average molecular weight is 320 g/mol. The molecule has 2 amide bonds. The molecule has 0 fully saturated rings. The van der Waals surface area contributed by atoms with Gasteiger partial charge in [0.2, 0.25) is 5.91 Å². The van der Waals surface area contributed by atoms with Gasteiger partial charge in [-0.3, -0.25) is 14.4 Å². The van der Waals surface area contributed by atoms with Crippen molar-refractivity contribution in [3.05, 3.63) is 35.4 Å². The van der Waals surface area contributed by atoms with Gasteiger partial charge < -0.3 is 15.0 Å². The van der Waals surface area contributed by atoms with Crippen molar-refractivity contribution in [2.45, 2.75) is 32.7 Å². The van der Waals surface area contributed by atoms with Crippen molar-refractivity contribution >= 4 is 24.4 Å². The normalized spacial score (nSPS) is 10.6. The van der Waals surface area contributed by atoms with Gasteiger partial charge in [-0.2, -0.15) is 0 Å². The number of rotatable bonds is 7. The minimum atomic E-state index is -0.757. The van der Waals surface area contributed by atoms with Crippen LogP contribution in [-0.2, 0) is 9.59 Å². The van der Waals surface area contributed by atoms with Gasteiger partial charge in [0.05, 0.1) is 5.56 Å². The minimum absolute atomic E-state index is 0.172. The number of hydrogen-bond acceptors (Lipinski definition) is 4. The molecule has 0 aromatic heterocycles. The van der Waals surface area contributed by atoms with Gasteiger partial charge in [0.25, 0.3) is 5.91 Å². The number of aldehydes is 2. The lowest BCUT2D eigenvalue weighted by Crippen LogP contribution is -2.47. The zero-order valence-electron chi connectivity index (χ0n) is 14.0. The van der Waals surface area contributed by atoms with Crippen LogP contribution < -0.4 is 5.32 Å². The van der Waals surface area contributed by atoms with Crippen molar-refractivity contribution in [1.29, 1.82) is 0 Å². The van der Waals surface area contributed by atoms with Crippen LogP contribution >= 0.6 is 0 Å². The first-order valence-electron chi connectivity index (χ1n) is 7.53. The Bertz CT molecular complexity index is 543. The van der Waals surface area contributed by atoms with Crippen LogP contribution in [0.25, 0.3) is 0 Å². The van der Waals surface area contributed by atoms with E-state index in [4.69, 9.17) is 0 Å². The van der Waals surface area contributed by atoms with E-state index in [1.54, 1.807) is 12.1 Å². The molecule has 0 spiro atoms. The Morgan fingerprint density at radius 2 is 1.83 bits per heavy atom. The summed E-state index contributed by atoms with van der Waals surface area (Å²) in [5.74, 6) is -0.784. The fourth-order valence-electron chi connectivity index (χ4n) is 2.02. The Hall–Kier alpha value is -2.50. The summed E-state index contributed by atoms with van der Waals surface area (Å²) in [6, 6.07) is 5.61. The second-order valence-electron chi connectivity index (χ2n) is 4.50. The Morgan fingerprint density at radius 1 is 1.22 bits per heavy atom. The van der Waals surface area contributed by atoms with Crippen LogP contribution in [0.3, 0.4) is 0 Å². The van der Waals surface area contributed by atoms with E-state index in [0.717, 1.165) is 0 Å². The maximum atomic E-state index is 12.4. The van der Waals surface area contributed by atoms with Gasteiger partial charge >= 0.3 is 0 Å². The first-order valence-corrected chi connectivity index (χ1v) is 7.53. The largest absolute Gasteiger partial charge is 0.357 e. The van der Waals surface area contributed by atoms with Crippen molar-refractivity contribution in [2.75, 3.05) is 14.1 Å². The lowest BCUT2D eigenvalue weighted by atomic mass is 10.0. The summed E-state index contributed by atoms with van der Waals surface area (Å²) < 4.78 is 0. The predicted octanol–water partition coefficient (Wildman–Crippen LogP) is 1.69. The van der Waals surface area contributed by atoms with Gasteiger partial charge in [0, 0.05) is 26.1 Å². The summed E-state index contributed by atoms with van der Waals surface area (Å²) >= 11 is 0. The molecule has 0 saturated heterocycles. The van der Waals surface area contributed by atoms with Crippen molar-refractivity contribution < 1.29 is 19.2 Å². The van der Waals surface area contributed by atoms with E-state index in [1.165, 1.54) is 31.1 Å². The number of hydrogen-bond donors (Lipinski definition) is 1. The molecule has 0 aliphatic heterocycles. The van der Waals surface area contributed by atoms with E-state index in [0.29, 0.717) is 12.6 Å². The number of nitrogens with zero attached hydrogens (tertiary/aromatic N) is 1. The quantitative estimate of drug-likeness (QED) is 0.775. The fraction of sp³-hybridized carbons (Fsp3) is 0.412. The van der Waals surface area contributed by atoms with E-state index < -0.39 is 11.9 Å². The highest BCUT2D eigenvalue weighted by Crippen LogP contribution is 2.13. The molecule has 0 heterocycles. The highest BCUT2D eigenvalue weighted by atomic mass is 16.2. The fourth-order valence-corrected chi connectivity index (χ4v) is 2.02. The third-order valence-corrected chi connectivity index (χ3v) is 3.21. The molecular formula is C17H24N2O4. The third-order valence-electron chi connectivity index (χ3n) is 3.21. The van der Waals surface area contributed by atoms with Crippen LogP contribution in [0.1, 0.15) is 47.4 Å². The second-order valence-corrected chi connectivity index (χ2v) is 4.50. The summed E-state index contributed by atoms with van der Waals surface area (Å²) in [5, 5.41) is 2.47. The molecule has 1 N–H and O–H groups in total. The van der Waals surface area contributed by atoms with Crippen LogP contribution in [0.2, 0.25) is 0 Å². The molecule has 0 saturated carbocycles. The predicted molar refractivity (Wildman–Crippen MR) is 88.4 cm³/mol. The van der Waals surface area contributed by atoms with Crippen LogP contribution in [0, 0.1) is 0 Å². The molecule has 23 heavy (non-hydrogen) atoms. The maximum Gasteiger partial charge on any atom is 0.255 e. The summed E-state index contributed by atoms with van der Waals surface area (Å²) in [7, 11) is 2.95. The molecule has 1 aromatic rings. The molecule has 0 radical (unpaired) electrons. The third kappa shape index (κ3) is 5.65. The van der Waals surface area contributed by atoms with Gasteiger partial charge in [0.1, 0.15) is 12.3 Å². The SMILES string of the molecule is CC.CNC(=O)C(CCC=O)N(C)C(=O)c1ccccc1C=O. The van der Waals surface area contributed by atoms with Crippen molar-refractivity contribution in [3.63, 3.8) is 0 Å². The maximum absolute atomic E-state index is 12.4. The van der Waals surface area contributed by atoms with Crippen molar-refractivity contribution in [3.8, 4) is 0 Å². The molecular weight excluding hydrogens is 296 g/mol. The van der Waals surface area contributed by atoms with Gasteiger partial charge in [-0.25, -0.2) is 0 Å². The van der Waals surface area contributed by atoms with Crippen LogP contribution in [0.4, 0.5) is 0 Å². The molecule has 0 bridgehead atoms. The van der Waals surface area contributed by atoms with Gasteiger partial charge in [-0.05, 0) is 12.5 Å². The van der Waals surface area contributed by atoms with Gasteiger partial charge in [0.15, 0.2) is 6.29 Å². The van der Waals surface area contributed by atoms with Gasteiger partial charge in [-0.1, -0.05) is 32.0 Å². The first kappa shape index (κ1) is 20.5. The Kier molecular flexibility index (Phi) is 9.91. The second kappa shape index (κ2) is 11.1. The minimum Gasteiger partial charge on any atom is -0.357 e. The zero-order valence-corrected chi connectivity index (χ0v) is 14.0. The first-order chi connectivity index (χ1) is 11.1. The molecule has 6 heteroatoms. The van der Waals surface area contributed by atoms with E-state index in [-0.39, 0.29) is 29.9 Å². The van der Waals surface area contributed by atoms with Crippen LogP contribution in [0.15, 0.2) is 24.3 Å². The highest BCUT2D eigenvalue weighted by molar-refractivity contribution is 6.03. The number of likely N-dealkylation sites (N-methyl/N-ethyl adjacent to an activating group) is 2. The van der Waals surface area contributed by atoms with Crippen LogP contribution in [-0.4, -0.2) is 49.4 Å². The molecule has 1 rings (SSSR count). The number of carbonyl (C=O) groups excluding carboxylic acids is 4. The molecule has 1 atom stereocenters. The Labute approximate surface area is 136 Å². The van der Waals surface area contributed by atoms with Crippen molar-refractivity contribution in [1.82, 2.24) is 10.2 Å². The number of carbonyl (C=O) groups is 4. The molecule has 1 aromatic carbocycles. The van der Waals surface area contributed by atoms with Crippen molar-refractivity contribution in [2.24, 2.45) is 0 Å². The topological polar surface area (TPSA) is 83.6 Å². The molecule has 6 nitrogen and oxygen atoms in total. The zero-order chi connectivity index (χ0) is 17.8. The number of amides is 2. The lowest BCUT2D eigenvalue weighted by Gasteiger charge is -2.26. The molecule has 0 aliphatic carbocycles. The summed E-state index contributed by atoms with van der Waals surface area (Å²) in [6.45, 7) is 4.00. The monoisotopic (exact) mass is 320 g/mol. The number of benzene rings is 1.